The Morgan fingerprint density at radius 2 is 1.83 bits per heavy atom. The second-order valence-electron chi connectivity index (χ2n) is 7.57. The number of carbonyl (C=O) groups excluding carboxylic acids is 1. The first kappa shape index (κ1) is 18.5. The summed E-state index contributed by atoms with van der Waals surface area (Å²) < 4.78 is 5.34. The van der Waals surface area contributed by atoms with Gasteiger partial charge >= 0.3 is 0 Å². The molecule has 1 saturated heterocycles. The molecule has 150 valence electrons. The number of nitrogens with zero attached hydrogens (tertiary/aromatic N) is 4. The number of likely N-dealkylation sites (tertiary alicyclic amines) is 1. The lowest BCUT2D eigenvalue weighted by atomic mass is 10.1. The number of methoxy groups -OCH3 is 1. The molecule has 6 heteroatoms. The van der Waals surface area contributed by atoms with Crippen molar-refractivity contribution >= 4 is 27.7 Å². The van der Waals surface area contributed by atoms with E-state index in [4.69, 9.17) is 9.72 Å². The van der Waals surface area contributed by atoms with Gasteiger partial charge < -0.3 is 9.64 Å². The Morgan fingerprint density at radius 1 is 0.967 bits per heavy atom. The van der Waals surface area contributed by atoms with Gasteiger partial charge in [-0.15, -0.1) is 0 Å². The minimum absolute atomic E-state index is 0.0779. The van der Waals surface area contributed by atoms with Crippen LogP contribution in [0.25, 0.3) is 33.1 Å². The van der Waals surface area contributed by atoms with Crippen molar-refractivity contribution in [1.29, 1.82) is 0 Å². The summed E-state index contributed by atoms with van der Waals surface area (Å²) in [6.07, 6.45) is 6.85. The lowest BCUT2D eigenvalue weighted by molar-refractivity contribution is 0.0724. The average Bonchev–Trinajstić information content (AvgIpc) is 2.82. The molecule has 1 aliphatic heterocycles. The number of hydrogen-bond acceptors (Lipinski definition) is 5. The Balaban J connectivity index is 1.52. The lowest BCUT2D eigenvalue weighted by Gasteiger charge is -2.26. The third-order valence-corrected chi connectivity index (χ3v) is 5.65. The molecule has 1 fully saturated rings. The van der Waals surface area contributed by atoms with Crippen LogP contribution in [0.2, 0.25) is 0 Å². The number of carbonyl (C=O) groups is 1. The van der Waals surface area contributed by atoms with E-state index in [9.17, 15) is 4.79 Å². The molecule has 0 aliphatic carbocycles. The van der Waals surface area contributed by atoms with Crippen molar-refractivity contribution in [3.63, 3.8) is 0 Å². The van der Waals surface area contributed by atoms with Crippen LogP contribution in [0.15, 0.2) is 54.9 Å². The molecule has 0 radical (unpaired) electrons. The fourth-order valence-electron chi connectivity index (χ4n) is 4.04. The normalized spacial score (nSPS) is 14.2. The zero-order valence-electron chi connectivity index (χ0n) is 16.8. The Kier molecular flexibility index (Phi) is 4.75. The van der Waals surface area contributed by atoms with E-state index in [0.29, 0.717) is 11.4 Å². The highest BCUT2D eigenvalue weighted by atomic mass is 16.5. The van der Waals surface area contributed by atoms with E-state index < -0.39 is 0 Å². The minimum Gasteiger partial charge on any atom is -0.481 e. The van der Waals surface area contributed by atoms with Gasteiger partial charge in [-0.2, -0.15) is 0 Å². The van der Waals surface area contributed by atoms with E-state index in [-0.39, 0.29) is 5.91 Å². The maximum Gasteiger partial charge on any atom is 0.253 e. The van der Waals surface area contributed by atoms with Crippen molar-refractivity contribution in [2.45, 2.75) is 19.3 Å². The monoisotopic (exact) mass is 398 g/mol. The Hall–Kier alpha value is -3.54. The number of benzene rings is 2. The summed E-state index contributed by atoms with van der Waals surface area (Å²) >= 11 is 0. The van der Waals surface area contributed by atoms with Crippen molar-refractivity contribution in [2.24, 2.45) is 0 Å². The second-order valence-corrected chi connectivity index (χ2v) is 7.57. The number of ether oxygens (including phenoxy) is 1. The molecule has 3 heterocycles. The molecular weight excluding hydrogens is 376 g/mol. The van der Waals surface area contributed by atoms with Gasteiger partial charge in [-0.05, 0) is 61.0 Å². The van der Waals surface area contributed by atoms with Gasteiger partial charge in [0.2, 0.25) is 5.88 Å². The molecule has 6 nitrogen and oxygen atoms in total. The third-order valence-electron chi connectivity index (χ3n) is 5.65. The van der Waals surface area contributed by atoms with Crippen LogP contribution in [0, 0.1) is 0 Å². The second kappa shape index (κ2) is 7.71. The highest BCUT2D eigenvalue weighted by Gasteiger charge is 2.18. The first-order valence-corrected chi connectivity index (χ1v) is 10.2. The van der Waals surface area contributed by atoms with Crippen LogP contribution < -0.4 is 4.74 Å². The number of fused-ring (bicyclic) bond motifs is 2. The topological polar surface area (TPSA) is 68.2 Å². The lowest BCUT2D eigenvalue weighted by Crippen LogP contribution is -2.35. The maximum absolute atomic E-state index is 12.9. The van der Waals surface area contributed by atoms with Gasteiger partial charge in [-0.25, -0.2) is 9.97 Å². The molecule has 0 bridgehead atoms. The van der Waals surface area contributed by atoms with Gasteiger partial charge in [-0.3, -0.25) is 9.78 Å². The molecule has 30 heavy (non-hydrogen) atoms. The Morgan fingerprint density at radius 3 is 2.67 bits per heavy atom. The predicted molar refractivity (Wildman–Crippen MR) is 117 cm³/mol. The summed E-state index contributed by atoms with van der Waals surface area (Å²) in [5.74, 6) is 0.679. The van der Waals surface area contributed by atoms with Crippen LogP contribution >= 0.6 is 0 Å². The fourth-order valence-corrected chi connectivity index (χ4v) is 4.04. The first-order valence-electron chi connectivity index (χ1n) is 10.2. The van der Waals surface area contributed by atoms with E-state index in [1.165, 1.54) is 6.42 Å². The molecule has 5 rings (SSSR count). The number of amides is 1. The number of hydrogen-bond donors (Lipinski definition) is 0. The zero-order valence-corrected chi connectivity index (χ0v) is 16.8. The highest BCUT2D eigenvalue weighted by molar-refractivity contribution is 5.97. The first-order chi connectivity index (χ1) is 14.7. The van der Waals surface area contributed by atoms with Crippen LogP contribution in [-0.4, -0.2) is 46.0 Å². The maximum atomic E-state index is 12.9. The number of rotatable bonds is 3. The van der Waals surface area contributed by atoms with E-state index >= 15 is 0 Å². The van der Waals surface area contributed by atoms with Crippen LogP contribution in [0.4, 0.5) is 0 Å². The van der Waals surface area contributed by atoms with Gasteiger partial charge in [-0.1, -0.05) is 6.07 Å². The molecule has 4 aromatic rings. The van der Waals surface area contributed by atoms with Gasteiger partial charge in [0.1, 0.15) is 0 Å². The van der Waals surface area contributed by atoms with Crippen LogP contribution in [0.5, 0.6) is 5.88 Å². The van der Waals surface area contributed by atoms with Gasteiger partial charge in [0, 0.05) is 35.8 Å². The van der Waals surface area contributed by atoms with E-state index in [0.717, 1.165) is 59.0 Å². The van der Waals surface area contributed by atoms with Gasteiger partial charge in [0.15, 0.2) is 0 Å². The largest absolute Gasteiger partial charge is 0.481 e. The average molecular weight is 398 g/mol. The molecular formula is C24H22N4O2. The van der Waals surface area contributed by atoms with Crippen molar-refractivity contribution in [1.82, 2.24) is 19.9 Å². The summed E-state index contributed by atoms with van der Waals surface area (Å²) in [4.78, 5) is 28.4. The summed E-state index contributed by atoms with van der Waals surface area (Å²) in [6.45, 7) is 1.66. The van der Waals surface area contributed by atoms with Gasteiger partial charge in [0.05, 0.1) is 30.0 Å². The van der Waals surface area contributed by atoms with Crippen molar-refractivity contribution in [3.8, 4) is 17.1 Å². The number of aromatic nitrogens is 3. The summed E-state index contributed by atoms with van der Waals surface area (Å²) in [5, 5.41) is 1.97. The molecule has 0 atom stereocenters. The smallest absolute Gasteiger partial charge is 0.253 e. The molecule has 0 spiro atoms. The van der Waals surface area contributed by atoms with Crippen molar-refractivity contribution in [3.05, 3.63) is 60.4 Å². The Bertz CT molecular complexity index is 1250. The molecule has 2 aromatic carbocycles. The zero-order chi connectivity index (χ0) is 20.5. The predicted octanol–water partition coefficient (Wildman–Crippen LogP) is 4.48. The van der Waals surface area contributed by atoms with Crippen LogP contribution in [0.3, 0.4) is 0 Å². The molecule has 0 saturated carbocycles. The van der Waals surface area contributed by atoms with E-state index in [2.05, 4.69) is 16.0 Å². The number of pyridine rings is 1. The van der Waals surface area contributed by atoms with Crippen molar-refractivity contribution in [2.75, 3.05) is 20.2 Å². The number of piperidine rings is 1. The van der Waals surface area contributed by atoms with E-state index in [1.807, 2.05) is 41.3 Å². The molecule has 1 aliphatic rings. The molecule has 0 unspecified atom stereocenters. The molecule has 0 N–H and O–H groups in total. The fraction of sp³-hybridized carbons (Fsp3) is 0.250. The van der Waals surface area contributed by atoms with Gasteiger partial charge in [0.25, 0.3) is 5.91 Å². The summed E-state index contributed by atoms with van der Waals surface area (Å²) in [5.41, 5.74) is 3.90. The third kappa shape index (κ3) is 3.34. The van der Waals surface area contributed by atoms with Crippen LogP contribution in [-0.2, 0) is 0 Å². The quantitative estimate of drug-likeness (QED) is 0.509. The van der Waals surface area contributed by atoms with Crippen LogP contribution in [0.1, 0.15) is 29.6 Å². The summed E-state index contributed by atoms with van der Waals surface area (Å²) in [7, 11) is 1.62. The standard InChI is InChI=1S/C24H22N4O2/c1-30-23-19-7-5-17(13-16(19)9-10-25-23)22-15-26-20-8-6-18(14-21(20)27-22)24(29)28-11-3-2-4-12-28/h5-10,13-15H,2-4,11-12H2,1H3. The minimum atomic E-state index is 0.0779. The highest BCUT2D eigenvalue weighted by Crippen LogP contribution is 2.28. The molecule has 2 aromatic heterocycles. The van der Waals surface area contributed by atoms with Crippen molar-refractivity contribution < 1.29 is 9.53 Å². The van der Waals surface area contributed by atoms with E-state index in [1.54, 1.807) is 19.5 Å². The SMILES string of the molecule is COc1nccc2cc(-c3cnc4ccc(C(=O)N5CCCCC5)cc4n3)ccc12. The Labute approximate surface area is 174 Å². The summed E-state index contributed by atoms with van der Waals surface area (Å²) in [6, 6.07) is 13.6. The molecule has 1 amide bonds.